The molecule has 1 heterocycles. The van der Waals surface area contributed by atoms with Crippen LogP contribution in [0.3, 0.4) is 0 Å². The van der Waals surface area contributed by atoms with E-state index in [1.54, 1.807) is 36.3 Å². The molecule has 3 rings (SSSR count). The van der Waals surface area contributed by atoms with Crippen LogP contribution < -0.4 is 4.74 Å². The first-order valence-electron chi connectivity index (χ1n) is 7.95. The zero-order chi connectivity index (χ0) is 16.9. The Bertz CT molecular complexity index is 672. The number of methoxy groups -OCH3 is 1. The molecule has 0 bridgehead atoms. The maximum atomic E-state index is 12.7. The lowest BCUT2D eigenvalue weighted by molar-refractivity contribution is -0.164. The summed E-state index contributed by atoms with van der Waals surface area (Å²) >= 11 is 0. The van der Waals surface area contributed by atoms with Crippen LogP contribution in [0.2, 0.25) is 0 Å². The highest BCUT2D eigenvalue weighted by Crippen LogP contribution is 2.25. The Morgan fingerprint density at radius 2 is 1.92 bits per heavy atom. The van der Waals surface area contributed by atoms with Crippen molar-refractivity contribution in [1.82, 2.24) is 4.90 Å². The fourth-order valence-corrected chi connectivity index (χ4v) is 2.81. The van der Waals surface area contributed by atoms with Crippen molar-refractivity contribution < 1.29 is 19.4 Å². The van der Waals surface area contributed by atoms with Crippen LogP contribution in [0.25, 0.3) is 0 Å². The number of carbonyl (C=O) groups excluding carboxylic acids is 1. The van der Waals surface area contributed by atoms with Crippen molar-refractivity contribution in [3.05, 3.63) is 65.7 Å². The van der Waals surface area contributed by atoms with Crippen molar-refractivity contribution in [3.8, 4) is 5.75 Å². The highest BCUT2D eigenvalue weighted by atomic mass is 16.5. The van der Waals surface area contributed by atoms with Gasteiger partial charge in [0, 0.05) is 13.1 Å². The third kappa shape index (κ3) is 3.58. The van der Waals surface area contributed by atoms with Crippen LogP contribution in [0.5, 0.6) is 5.75 Å². The second-order valence-electron chi connectivity index (χ2n) is 5.75. The van der Waals surface area contributed by atoms with Gasteiger partial charge < -0.3 is 19.5 Å². The Morgan fingerprint density at radius 1 is 1.21 bits per heavy atom. The normalized spacial score (nSPS) is 19.2. The first kappa shape index (κ1) is 16.5. The van der Waals surface area contributed by atoms with E-state index in [1.165, 1.54) is 0 Å². The summed E-state index contributed by atoms with van der Waals surface area (Å²) < 4.78 is 10.7. The molecule has 0 aromatic heterocycles. The number of rotatable bonds is 5. The second kappa shape index (κ2) is 7.47. The van der Waals surface area contributed by atoms with E-state index in [1.807, 2.05) is 30.3 Å². The van der Waals surface area contributed by atoms with Gasteiger partial charge in [-0.2, -0.15) is 0 Å². The maximum absolute atomic E-state index is 12.7. The highest BCUT2D eigenvalue weighted by Gasteiger charge is 2.35. The molecular formula is C19H21NO4. The van der Waals surface area contributed by atoms with Crippen LogP contribution in [-0.2, 0) is 16.1 Å². The molecule has 1 N–H and O–H groups in total. The van der Waals surface area contributed by atoms with Crippen molar-refractivity contribution >= 4 is 5.91 Å². The molecular weight excluding hydrogens is 306 g/mol. The minimum absolute atomic E-state index is 0.187. The van der Waals surface area contributed by atoms with Gasteiger partial charge in [-0.1, -0.05) is 42.5 Å². The Hall–Kier alpha value is -2.37. The van der Waals surface area contributed by atoms with E-state index in [9.17, 15) is 9.90 Å². The Balaban J connectivity index is 1.71. The molecule has 0 spiro atoms. The third-order valence-corrected chi connectivity index (χ3v) is 4.17. The van der Waals surface area contributed by atoms with E-state index in [2.05, 4.69) is 0 Å². The molecule has 0 saturated carbocycles. The fraction of sp³-hybridized carbons (Fsp3) is 0.316. The van der Waals surface area contributed by atoms with Gasteiger partial charge in [-0.25, -0.2) is 0 Å². The van der Waals surface area contributed by atoms with Gasteiger partial charge in [0.2, 0.25) is 0 Å². The van der Waals surface area contributed by atoms with Crippen LogP contribution in [0, 0.1) is 0 Å². The molecule has 2 aromatic rings. The molecule has 1 aliphatic heterocycles. The zero-order valence-electron chi connectivity index (χ0n) is 13.6. The Kier molecular flexibility index (Phi) is 5.13. The molecule has 1 fully saturated rings. The maximum Gasteiger partial charge on any atom is 0.255 e. The standard InChI is InChI=1S/C19H21NO4/c1-23-16-9-7-15(8-10-16)17(21)18-19(22)20(11-12-24-18)13-14-5-3-2-4-6-14/h2-10,17-18,21H,11-13H2,1H3/t17-,18-/m1/s1. The molecule has 24 heavy (non-hydrogen) atoms. The summed E-state index contributed by atoms with van der Waals surface area (Å²) in [7, 11) is 1.58. The lowest BCUT2D eigenvalue weighted by atomic mass is 10.0. The molecule has 0 unspecified atom stereocenters. The van der Waals surface area contributed by atoms with Gasteiger partial charge in [0.05, 0.1) is 13.7 Å². The predicted molar refractivity (Wildman–Crippen MR) is 89.6 cm³/mol. The number of nitrogens with zero attached hydrogens (tertiary/aromatic N) is 1. The summed E-state index contributed by atoms with van der Waals surface area (Å²) in [6.07, 6.45) is -1.88. The average Bonchev–Trinajstić information content (AvgIpc) is 2.64. The van der Waals surface area contributed by atoms with Crippen LogP contribution in [0.1, 0.15) is 17.2 Å². The number of aliphatic hydroxyl groups excluding tert-OH is 1. The van der Waals surface area contributed by atoms with E-state index in [-0.39, 0.29) is 5.91 Å². The van der Waals surface area contributed by atoms with Crippen LogP contribution in [-0.4, -0.2) is 42.3 Å². The third-order valence-electron chi connectivity index (χ3n) is 4.17. The molecule has 1 aliphatic rings. The van der Waals surface area contributed by atoms with Crippen LogP contribution >= 0.6 is 0 Å². The second-order valence-corrected chi connectivity index (χ2v) is 5.75. The molecule has 0 aliphatic carbocycles. The quantitative estimate of drug-likeness (QED) is 0.914. The van der Waals surface area contributed by atoms with Gasteiger partial charge in [0.25, 0.3) is 5.91 Å². The van der Waals surface area contributed by atoms with Crippen LogP contribution in [0.15, 0.2) is 54.6 Å². The van der Waals surface area contributed by atoms with Gasteiger partial charge >= 0.3 is 0 Å². The molecule has 5 nitrogen and oxygen atoms in total. The van der Waals surface area contributed by atoms with E-state index in [0.717, 1.165) is 5.56 Å². The SMILES string of the molecule is COc1ccc([C@@H](O)[C@H]2OCCN(Cc3ccccc3)C2=O)cc1. The molecule has 126 valence electrons. The number of aliphatic hydroxyl groups is 1. The van der Waals surface area contributed by atoms with Gasteiger partial charge in [0.15, 0.2) is 6.10 Å². The summed E-state index contributed by atoms with van der Waals surface area (Å²) in [4.78, 5) is 14.4. The monoisotopic (exact) mass is 327 g/mol. The topological polar surface area (TPSA) is 59.0 Å². The van der Waals surface area contributed by atoms with Crippen molar-refractivity contribution in [1.29, 1.82) is 0 Å². The fourth-order valence-electron chi connectivity index (χ4n) is 2.81. The van der Waals surface area contributed by atoms with Gasteiger partial charge in [-0.05, 0) is 23.3 Å². The molecule has 2 atom stereocenters. The van der Waals surface area contributed by atoms with Gasteiger partial charge in [0.1, 0.15) is 11.9 Å². The first-order chi connectivity index (χ1) is 11.7. The van der Waals surface area contributed by atoms with Crippen LogP contribution in [0.4, 0.5) is 0 Å². The van der Waals surface area contributed by atoms with E-state index in [4.69, 9.17) is 9.47 Å². The highest BCUT2D eigenvalue weighted by molar-refractivity contribution is 5.82. The van der Waals surface area contributed by atoms with Crippen molar-refractivity contribution in [3.63, 3.8) is 0 Å². The summed E-state index contributed by atoms with van der Waals surface area (Å²) in [5, 5.41) is 10.5. The van der Waals surface area contributed by atoms with Gasteiger partial charge in [-0.15, -0.1) is 0 Å². The summed E-state index contributed by atoms with van der Waals surface area (Å²) in [5.41, 5.74) is 1.70. The molecule has 1 amide bonds. The average molecular weight is 327 g/mol. The van der Waals surface area contributed by atoms with E-state index < -0.39 is 12.2 Å². The van der Waals surface area contributed by atoms with Crippen molar-refractivity contribution in [2.24, 2.45) is 0 Å². The molecule has 5 heteroatoms. The van der Waals surface area contributed by atoms with Gasteiger partial charge in [-0.3, -0.25) is 4.79 Å². The van der Waals surface area contributed by atoms with Crippen molar-refractivity contribution in [2.45, 2.75) is 18.8 Å². The van der Waals surface area contributed by atoms with E-state index >= 15 is 0 Å². The van der Waals surface area contributed by atoms with E-state index in [0.29, 0.717) is 31.0 Å². The number of hydrogen-bond donors (Lipinski definition) is 1. The Labute approximate surface area is 141 Å². The minimum atomic E-state index is -0.998. The number of ether oxygens (including phenoxy) is 2. The summed E-state index contributed by atoms with van der Waals surface area (Å²) in [6, 6.07) is 16.8. The zero-order valence-corrected chi connectivity index (χ0v) is 13.6. The predicted octanol–water partition coefficient (Wildman–Crippen LogP) is 2.16. The number of amides is 1. The Morgan fingerprint density at radius 3 is 2.58 bits per heavy atom. The largest absolute Gasteiger partial charge is 0.497 e. The number of benzene rings is 2. The number of carbonyl (C=O) groups is 1. The number of hydrogen-bond acceptors (Lipinski definition) is 4. The smallest absolute Gasteiger partial charge is 0.255 e. The number of morpholine rings is 1. The first-order valence-corrected chi connectivity index (χ1v) is 7.95. The van der Waals surface area contributed by atoms with Crippen molar-refractivity contribution in [2.75, 3.05) is 20.3 Å². The lowest BCUT2D eigenvalue weighted by Gasteiger charge is -2.34. The summed E-state index contributed by atoms with van der Waals surface area (Å²) in [6.45, 7) is 1.46. The minimum Gasteiger partial charge on any atom is -0.497 e. The molecule has 1 saturated heterocycles. The lowest BCUT2D eigenvalue weighted by Crippen LogP contribution is -2.49. The molecule has 0 radical (unpaired) electrons. The molecule has 2 aromatic carbocycles. The summed E-state index contributed by atoms with van der Waals surface area (Å²) in [5.74, 6) is 0.515.